The van der Waals surface area contributed by atoms with Crippen molar-refractivity contribution in [1.82, 2.24) is 24.7 Å². The molecule has 32 heavy (non-hydrogen) atoms. The lowest BCUT2D eigenvalue weighted by Gasteiger charge is -2.33. The molecule has 4 aromatic rings. The highest BCUT2D eigenvalue weighted by Gasteiger charge is 2.22. The minimum absolute atomic E-state index is 0.224. The van der Waals surface area contributed by atoms with Crippen LogP contribution >= 0.6 is 0 Å². The fourth-order valence-corrected chi connectivity index (χ4v) is 4.32. The number of piperidine rings is 1. The van der Waals surface area contributed by atoms with Crippen LogP contribution < -0.4 is 15.5 Å². The van der Waals surface area contributed by atoms with Crippen molar-refractivity contribution in [2.75, 3.05) is 30.4 Å². The lowest BCUT2D eigenvalue weighted by molar-refractivity contribution is 0.102. The Bertz CT molecular complexity index is 1310. The van der Waals surface area contributed by atoms with E-state index in [1.807, 2.05) is 13.1 Å². The van der Waals surface area contributed by atoms with Crippen molar-refractivity contribution >= 4 is 34.0 Å². The summed E-state index contributed by atoms with van der Waals surface area (Å²) in [4.78, 5) is 28.4. The van der Waals surface area contributed by atoms with E-state index in [-0.39, 0.29) is 11.6 Å². The maximum absolute atomic E-state index is 14.4. The second kappa shape index (κ2) is 8.16. The molecular formula is C23H24FN7O. The second-order valence-electron chi connectivity index (χ2n) is 8.14. The Morgan fingerprint density at radius 3 is 2.84 bits per heavy atom. The topological polar surface area (TPSA) is 87.5 Å². The summed E-state index contributed by atoms with van der Waals surface area (Å²) in [6, 6.07) is 5.28. The monoisotopic (exact) mass is 433 g/mol. The van der Waals surface area contributed by atoms with Gasteiger partial charge in [-0.05, 0) is 38.4 Å². The van der Waals surface area contributed by atoms with E-state index in [9.17, 15) is 9.18 Å². The Morgan fingerprint density at radius 2 is 2.06 bits per heavy atom. The molecule has 0 bridgehead atoms. The molecule has 1 amide bonds. The molecule has 0 radical (unpaired) electrons. The number of aromatic nitrogens is 4. The minimum atomic E-state index is -0.501. The number of anilines is 2. The van der Waals surface area contributed by atoms with Crippen molar-refractivity contribution in [2.24, 2.45) is 0 Å². The first-order chi connectivity index (χ1) is 15.5. The quantitative estimate of drug-likeness (QED) is 0.514. The second-order valence-corrected chi connectivity index (χ2v) is 8.14. The summed E-state index contributed by atoms with van der Waals surface area (Å²) in [7, 11) is 2.05. The molecule has 0 spiro atoms. The van der Waals surface area contributed by atoms with Crippen LogP contribution in [0.1, 0.15) is 28.9 Å². The van der Waals surface area contributed by atoms with E-state index in [1.54, 1.807) is 42.2 Å². The molecule has 1 aliphatic heterocycles. The van der Waals surface area contributed by atoms with E-state index in [1.165, 1.54) is 6.07 Å². The first kappa shape index (κ1) is 20.3. The average Bonchev–Trinajstić information content (AvgIpc) is 3.19. The van der Waals surface area contributed by atoms with Crippen LogP contribution in [0.25, 0.3) is 16.7 Å². The van der Waals surface area contributed by atoms with E-state index >= 15 is 0 Å². The highest BCUT2D eigenvalue weighted by Crippen LogP contribution is 2.29. The summed E-state index contributed by atoms with van der Waals surface area (Å²) in [5.41, 5.74) is 3.75. The summed E-state index contributed by atoms with van der Waals surface area (Å²) in [6.07, 6.45) is 8.77. The number of rotatable bonds is 4. The van der Waals surface area contributed by atoms with Crippen LogP contribution in [0.4, 0.5) is 15.8 Å². The molecule has 3 aromatic heterocycles. The number of benzene rings is 1. The molecule has 1 aliphatic rings. The largest absolute Gasteiger partial charge is 0.369 e. The van der Waals surface area contributed by atoms with Gasteiger partial charge in [0.2, 0.25) is 0 Å². The van der Waals surface area contributed by atoms with Crippen molar-refractivity contribution in [3.8, 4) is 0 Å². The highest BCUT2D eigenvalue weighted by molar-refractivity contribution is 6.13. The van der Waals surface area contributed by atoms with E-state index in [2.05, 4.69) is 30.5 Å². The Morgan fingerprint density at radius 1 is 1.25 bits per heavy atom. The van der Waals surface area contributed by atoms with E-state index in [4.69, 9.17) is 0 Å². The predicted molar refractivity (Wildman–Crippen MR) is 122 cm³/mol. The zero-order valence-electron chi connectivity index (χ0n) is 18.0. The third-order valence-electron chi connectivity index (χ3n) is 5.93. The summed E-state index contributed by atoms with van der Waals surface area (Å²) in [5.74, 6) is -0.877. The number of nitrogens with zero attached hydrogens (tertiary/aromatic N) is 5. The Labute approximate surface area is 184 Å². The number of carbonyl (C=O) groups is 1. The fraction of sp³-hybridized carbons (Fsp3) is 0.304. The highest BCUT2D eigenvalue weighted by atomic mass is 19.1. The van der Waals surface area contributed by atoms with Gasteiger partial charge >= 0.3 is 0 Å². The van der Waals surface area contributed by atoms with Gasteiger partial charge in [-0.3, -0.25) is 14.8 Å². The number of halogens is 1. The summed E-state index contributed by atoms with van der Waals surface area (Å²) < 4.78 is 16.0. The third-order valence-corrected chi connectivity index (χ3v) is 5.93. The van der Waals surface area contributed by atoms with Gasteiger partial charge in [-0.2, -0.15) is 0 Å². The van der Waals surface area contributed by atoms with E-state index in [0.29, 0.717) is 34.0 Å². The SMILES string of the molecule is Cc1cn2cc(NC(=O)c3ccc(N(C)[C@H]4CCCNC4)c4nccnc34)cc(F)c2n1. The molecule has 0 unspecified atom stereocenters. The normalized spacial score (nSPS) is 16.4. The molecule has 1 fully saturated rings. The van der Waals surface area contributed by atoms with Crippen molar-refractivity contribution in [3.05, 3.63) is 60.1 Å². The molecule has 0 saturated carbocycles. The van der Waals surface area contributed by atoms with Crippen LogP contribution in [-0.4, -0.2) is 51.4 Å². The number of likely N-dealkylation sites (N-methyl/N-ethyl adjacent to an activating group) is 1. The van der Waals surface area contributed by atoms with Gasteiger partial charge in [0.25, 0.3) is 5.91 Å². The number of hydrogen-bond donors (Lipinski definition) is 2. The fourth-order valence-electron chi connectivity index (χ4n) is 4.32. The van der Waals surface area contributed by atoms with Crippen molar-refractivity contribution < 1.29 is 9.18 Å². The molecule has 9 heteroatoms. The molecular weight excluding hydrogens is 409 g/mol. The van der Waals surface area contributed by atoms with Gasteiger partial charge in [-0.25, -0.2) is 9.37 Å². The maximum Gasteiger partial charge on any atom is 0.257 e. The lowest BCUT2D eigenvalue weighted by atomic mass is 10.0. The third kappa shape index (κ3) is 3.64. The smallest absolute Gasteiger partial charge is 0.257 e. The van der Waals surface area contributed by atoms with Gasteiger partial charge in [0.15, 0.2) is 11.5 Å². The first-order valence-electron chi connectivity index (χ1n) is 10.6. The standard InChI is InChI=1S/C23H24FN7O/c1-14-12-31-13-15(10-18(24)22(31)28-14)29-23(32)17-5-6-19(21-20(17)26-8-9-27-21)30(2)16-4-3-7-25-11-16/h5-6,8-10,12-13,16,25H,3-4,7,11H2,1-2H3,(H,29,32)/t16-/m0/s1. The molecule has 2 N–H and O–H groups in total. The molecule has 4 heterocycles. The summed E-state index contributed by atoms with van der Waals surface area (Å²) >= 11 is 0. The molecule has 0 aliphatic carbocycles. The van der Waals surface area contributed by atoms with E-state index in [0.717, 1.165) is 31.6 Å². The number of aryl methyl sites for hydroxylation is 1. The maximum atomic E-state index is 14.4. The Hall–Kier alpha value is -3.59. The summed E-state index contributed by atoms with van der Waals surface area (Å²) in [6.45, 7) is 3.73. The van der Waals surface area contributed by atoms with Crippen LogP contribution in [-0.2, 0) is 0 Å². The number of carbonyl (C=O) groups excluding carboxylic acids is 1. The van der Waals surface area contributed by atoms with Crippen molar-refractivity contribution in [3.63, 3.8) is 0 Å². The number of nitrogens with one attached hydrogen (secondary N) is 2. The number of amides is 1. The number of fused-ring (bicyclic) bond motifs is 2. The number of pyridine rings is 1. The van der Waals surface area contributed by atoms with Gasteiger partial charge < -0.3 is 19.9 Å². The van der Waals surface area contributed by atoms with Crippen LogP contribution in [0.2, 0.25) is 0 Å². The molecule has 8 nitrogen and oxygen atoms in total. The van der Waals surface area contributed by atoms with Gasteiger partial charge in [0.05, 0.1) is 22.6 Å². The molecule has 1 aromatic carbocycles. The van der Waals surface area contributed by atoms with E-state index < -0.39 is 5.82 Å². The Kier molecular flexibility index (Phi) is 5.18. The van der Waals surface area contributed by atoms with Gasteiger partial charge in [-0.1, -0.05) is 0 Å². The zero-order valence-corrected chi connectivity index (χ0v) is 18.0. The molecule has 1 saturated heterocycles. The molecule has 5 rings (SSSR count). The summed E-state index contributed by atoms with van der Waals surface area (Å²) in [5, 5.41) is 6.22. The Balaban J connectivity index is 1.48. The minimum Gasteiger partial charge on any atom is -0.369 e. The zero-order chi connectivity index (χ0) is 22.2. The first-order valence-corrected chi connectivity index (χ1v) is 10.6. The van der Waals surface area contributed by atoms with Crippen LogP contribution in [0, 0.1) is 12.7 Å². The van der Waals surface area contributed by atoms with Gasteiger partial charge in [0, 0.05) is 50.5 Å². The molecule has 1 atom stereocenters. The number of hydrogen-bond acceptors (Lipinski definition) is 6. The predicted octanol–water partition coefficient (Wildman–Crippen LogP) is 3.17. The van der Waals surface area contributed by atoms with Crippen LogP contribution in [0.3, 0.4) is 0 Å². The average molecular weight is 433 g/mol. The number of imidazole rings is 1. The van der Waals surface area contributed by atoms with Crippen molar-refractivity contribution in [1.29, 1.82) is 0 Å². The van der Waals surface area contributed by atoms with Gasteiger partial charge in [-0.15, -0.1) is 0 Å². The van der Waals surface area contributed by atoms with Crippen molar-refractivity contribution in [2.45, 2.75) is 25.8 Å². The van der Waals surface area contributed by atoms with Gasteiger partial charge in [0.1, 0.15) is 11.0 Å². The van der Waals surface area contributed by atoms with Crippen LogP contribution in [0.5, 0.6) is 0 Å². The lowest BCUT2D eigenvalue weighted by Crippen LogP contribution is -2.44. The van der Waals surface area contributed by atoms with Crippen LogP contribution in [0.15, 0.2) is 43.0 Å². The molecule has 164 valence electrons.